The van der Waals surface area contributed by atoms with E-state index in [4.69, 9.17) is 0 Å². The standard InChI is InChI=1S/C9H14N4/c1-3-8-10-9(12(2)11-8)13-6-4-5-7-13/h3H,1,4-7H2,2H3. The molecule has 1 fully saturated rings. The molecule has 1 aliphatic heterocycles. The van der Waals surface area contributed by atoms with Crippen molar-refractivity contribution >= 4 is 12.0 Å². The lowest BCUT2D eigenvalue weighted by molar-refractivity contribution is 0.733. The summed E-state index contributed by atoms with van der Waals surface area (Å²) in [5.74, 6) is 1.68. The van der Waals surface area contributed by atoms with Gasteiger partial charge in [0.1, 0.15) is 0 Å². The highest BCUT2D eigenvalue weighted by molar-refractivity contribution is 5.41. The third-order valence-electron chi connectivity index (χ3n) is 2.33. The fraction of sp³-hybridized carbons (Fsp3) is 0.556. The van der Waals surface area contributed by atoms with Crippen LogP contribution in [0.4, 0.5) is 5.95 Å². The van der Waals surface area contributed by atoms with E-state index in [0.717, 1.165) is 19.0 Å². The molecule has 2 rings (SSSR count). The third kappa shape index (κ3) is 1.43. The molecule has 0 aromatic carbocycles. The Kier molecular flexibility index (Phi) is 2.04. The van der Waals surface area contributed by atoms with E-state index >= 15 is 0 Å². The summed E-state index contributed by atoms with van der Waals surface area (Å²) in [6.07, 6.45) is 4.20. The molecule has 2 heterocycles. The predicted molar refractivity (Wildman–Crippen MR) is 52.5 cm³/mol. The lowest BCUT2D eigenvalue weighted by Crippen LogP contribution is -2.21. The summed E-state index contributed by atoms with van der Waals surface area (Å²) < 4.78 is 1.82. The fourth-order valence-electron chi connectivity index (χ4n) is 1.67. The molecule has 0 bridgehead atoms. The van der Waals surface area contributed by atoms with Crippen LogP contribution in [0.3, 0.4) is 0 Å². The quantitative estimate of drug-likeness (QED) is 0.679. The van der Waals surface area contributed by atoms with Gasteiger partial charge in [0.15, 0.2) is 5.82 Å². The zero-order valence-corrected chi connectivity index (χ0v) is 7.90. The van der Waals surface area contributed by atoms with Crippen molar-refractivity contribution in [3.8, 4) is 0 Å². The summed E-state index contributed by atoms with van der Waals surface area (Å²) >= 11 is 0. The Morgan fingerprint density at radius 2 is 2.08 bits per heavy atom. The molecule has 0 unspecified atom stereocenters. The van der Waals surface area contributed by atoms with Gasteiger partial charge in [-0.05, 0) is 18.9 Å². The largest absolute Gasteiger partial charge is 0.341 e. The second-order valence-electron chi connectivity index (χ2n) is 3.29. The first-order chi connectivity index (χ1) is 6.31. The highest BCUT2D eigenvalue weighted by atomic mass is 15.4. The molecule has 0 N–H and O–H groups in total. The van der Waals surface area contributed by atoms with Gasteiger partial charge in [-0.2, -0.15) is 10.1 Å². The predicted octanol–water partition coefficient (Wildman–Crippen LogP) is 1.06. The summed E-state index contributed by atoms with van der Waals surface area (Å²) in [6, 6.07) is 0. The minimum absolute atomic E-state index is 0.712. The molecule has 70 valence electrons. The summed E-state index contributed by atoms with van der Waals surface area (Å²) in [6.45, 7) is 5.86. The lowest BCUT2D eigenvalue weighted by Gasteiger charge is -2.14. The number of hydrogen-bond donors (Lipinski definition) is 0. The molecule has 1 aromatic heterocycles. The van der Waals surface area contributed by atoms with E-state index in [1.54, 1.807) is 6.08 Å². The summed E-state index contributed by atoms with van der Waals surface area (Å²) in [5.41, 5.74) is 0. The number of aromatic nitrogens is 3. The Bertz CT molecular complexity index is 309. The smallest absolute Gasteiger partial charge is 0.224 e. The van der Waals surface area contributed by atoms with Crippen LogP contribution in [-0.2, 0) is 7.05 Å². The van der Waals surface area contributed by atoms with Crippen molar-refractivity contribution in [1.29, 1.82) is 0 Å². The Morgan fingerprint density at radius 3 is 2.62 bits per heavy atom. The molecule has 0 atom stereocenters. The first-order valence-electron chi connectivity index (χ1n) is 4.59. The van der Waals surface area contributed by atoms with Crippen molar-refractivity contribution in [3.05, 3.63) is 12.4 Å². The van der Waals surface area contributed by atoms with Crippen LogP contribution in [0.2, 0.25) is 0 Å². The Hall–Kier alpha value is -1.32. The van der Waals surface area contributed by atoms with Crippen molar-refractivity contribution < 1.29 is 0 Å². The van der Waals surface area contributed by atoms with Gasteiger partial charge in [-0.1, -0.05) is 6.58 Å². The van der Waals surface area contributed by atoms with Gasteiger partial charge in [0, 0.05) is 20.1 Å². The maximum absolute atomic E-state index is 4.37. The van der Waals surface area contributed by atoms with Gasteiger partial charge in [-0.15, -0.1) is 0 Å². The van der Waals surface area contributed by atoms with Crippen LogP contribution in [0.1, 0.15) is 18.7 Å². The highest BCUT2D eigenvalue weighted by Crippen LogP contribution is 2.17. The Morgan fingerprint density at radius 1 is 1.38 bits per heavy atom. The number of anilines is 1. The van der Waals surface area contributed by atoms with E-state index in [1.807, 2.05) is 11.7 Å². The van der Waals surface area contributed by atoms with Gasteiger partial charge in [-0.25, -0.2) is 4.68 Å². The van der Waals surface area contributed by atoms with E-state index in [0.29, 0.717) is 5.82 Å². The molecule has 0 aliphatic carbocycles. The molecule has 0 spiro atoms. The summed E-state index contributed by atoms with van der Waals surface area (Å²) in [5, 5.41) is 4.22. The van der Waals surface area contributed by atoms with Gasteiger partial charge < -0.3 is 4.90 Å². The van der Waals surface area contributed by atoms with Crippen molar-refractivity contribution in [1.82, 2.24) is 14.8 Å². The van der Waals surface area contributed by atoms with Gasteiger partial charge >= 0.3 is 0 Å². The molecule has 0 amide bonds. The van der Waals surface area contributed by atoms with Gasteiger partial charge in [-0.3, -0.25) is 0 Å². The molecule has 1 saturated heterocycles. The Balaban J connectivity index is 2.27. The van der Waals surface area contributed by atoms with Crippen LogP contribution >= 0.6 is 0 Å². The van der Waals surface area contributed by atoms with Crippen LogP contribution < -0.4 is 4.90 Å². The van der Waals surface area contributed by atoms with Gasteiger partial charge in [0.2, 0.25) is 5.95 Å². The van der Waals surface area contributed by atoms with Crippen LogP contribution in [0.25, 0.3) is 6.08 Å². The summed E-state index contributed by atoms with van der Waals surface area (Å²) in [7, 11) is 1.92. The van der Waals surface area contributed by atoms with E-state index < -0.39 is 0 Å². The van der Waals surface area contributed by atoms with Crippen molar-refractivity contribution in [2.24, 2.45) is 7.05 Å². The second kappa shape index (κ2) is 3.20. The molecular weight excluding hydrogens is 164 g/mol. The highest BCUT2D eigenvalue weighted by Gasteiger charge is 2.17. The van der Waals surface area contributed by atoms with Crippen LogP contribution in [-0.4, -0.2) is 27.9 Å². The average Bonchev–Trinajstić information content (AvgIpc) is 2.72. The number of nitrogens with zero attached hydrogens (tertiary/aromatic N) is 4. The second-order valence-corrected chi connectivity index (χ2v) is 3.29. The lowest BCUT2D eigenvalue weighted by atomic mass is 10.4. The monoisotopic (exact) mass is 178 g/mol. The Labute approximate surface area is 77.9 Å². The van der Waals surface area contributed by atoms with Crippen molar-refractivity contribution in [2.75, 3.05) is 18.0 Å². The third-order valence-corrected chi connectivity index (χ3v) is 2.33. The number of aryl methyl sites for hydroxylation is 1. The summed E-state index contributed by atoms with van der Waals surface area (Å²) in [4.78, 5) is 6.63. The molecule has 4 heteroatoms. The molecule has 0 radical (unpaired) electrons. The van der Waals surface area contributed by atoms with Gasteiger partial charge in [0.25, 0.3) is 0 Å². The molecule has 1 aromatic rings. The van der Waals surface area contributed by atoms with E-state index in [-0.39, 0.29) is 0 Å². The van der Waals surface area contributed by atoms with Crippen LogP contribution in [0.5, 0.6) is 0 Å². The zero-order valence-electron chi connectivity index (χ0n) is 7.90. The van der Waals surface area contributed by atoms with Crippen LogP contribution in [0.15, 0.2) is 6.58 Å². The minimum Gasteiger partial charge on any atom is -0.341 e. The minimum atomic E-state index is 0.712. The molecular formula is C9H14N4. The van der Waals surface area contributed by atoms with E-state index in [1.165, 1.54) is 12.8 Å². The normalized spacial score (nSPS) is 16.5. The molecule has 13 heavy (non-hydrogen) atoms. The van der Waals surface area contributed by atoms with Crippen molar-refractivity contribution in [3.63, 3.8) is 0 Å². The molecule has 0 saturated carbocycles. The topological polar surface area (TPSA) is 34.0 Å². The molecule has 4 nitrogen and oxygen atoms in total. The van der Waals surface area contributed by atoms with Crippen LogP contribution in [0, 0.1) is 0 Å². The maximum Gasteiger partial charge on any atom is 0.224 e. The number of hydrogen-bond acceptors (Lipinski definition) is 3. The number of rotatable bonds is 2. The zero-order chi connectivity index (χ0) is 9.26. The van der Waals surface area contributed by atoms with E-state index in [9.17, 15) is 0 Å². The van der Waals surface area contributed by atoms with E-state index in [2.05, 4.69) is 21.6 Å². The first-order valence-corrected chi connectivity index (χ1v) is 4.59. The van der Waals surface area contributed by atoms with Crippen molar-refractivity contribution in [2.45, 2.75) is 12.8 Å². The maximum atomic E-state index is 4.37. The first kappa shape index (κ1) is 8.29. The van der Waals surface area contributed by atoms with Gasteiger partial charge in [0.05, 0.1) is 0 Å². The SMILES string of the molecule is C=Cc1nc(N2CCCC2)n(C)n1. The average molecular weight is 178 g/mol. The fourth-order valence-corrected chi connectivity index (χ4v) is 1.67. The molecule has 1 aliphatic rings.